The van der Waals surface area contributed by atoms with Gasteiger partial charge in [0.25, 0.3) is 0 Å². The van der Waals surface area contributed by atoms with Gasteiger partial charge in [-0.15, -0.1) is 37.1 Å². The monoisotopic (exact) mass is 511 g/mol. The molecule has 2 rings (SSSR count). The third-order valence-corrected chi connectivity index (χ3v) is 3.29. The molecule has 0 aliphatic rings. The van der Waals surface area contributed by atoms with Gasteiger partial charge in [-0.3, -0.25) is 0 Å². The van der Waals surface area contributed by atoms with E-state index in [0.29, 0.717) is 11.5 Å². The van der Waals surface area contributed by atoms with Crippen LogP contribution in [-0.4, -0.2) is 32.1 Å². The number of nitrogens with two attached hydrogens (primary N) is 1. The molecule has 0 heterocycles. The van der Waals surface area contributed by atoms with E-state index < -0.39 is 12.1 Å². The van der Waals surface area contributed by atoms with Crippen molar-refractivity contribution in [3.05, 3.63) is 48.5 Å². The summed E-state index contributed by atoms with van der Waals surface area (Å²) in [4.78, 5) is 4.08. The minimum atomic E-state index is -4.80. The van der Waals surface area contributed by atoms with Crippen LogP contribution >= 0.6 is 24.0 Å². The molecule has 0 aromatic heterocycles. The van der Waals surface area contributed by atoms with Crippen molar-refractivity contribution in [3.63, 3.8) is 0 Å². The molecule has 0 bridgehead atoms. The van der Waals surface area contributed by atoms with Crippen LogP contribution in [-0.2, 0) is 0 Å². The Kier molecular flexibility index (Phi) is 9.16. The van der Waals surface area contributed by atoms with Crippen LogP contribution in [0.25, 0.3) is 0 Å². The van der Waals surface area contributed by atoms with E-state index in [1.54, 1.807) is 44.4 Å². The van der Waals surface area contributed by atoms with Gasteiger partial charge in [0.05, 0.1) is 19.3 Å². The number of alkyl halides is 3. The molecule has 0 radical (unpaired) electrons. The lowest BCUT2D eigenvalue weighted by molar-refractivity contribution is -0.274. The maximum atomic E-state index is 12.4. The molecule has 0 aliphatic carbocycles. The lowest BCUT2D eigenvalue weighted by Gasteiger charge is -2.15. The highest BCUT2D eigenvalue weighted by molar-refractivity contribution is 14.0. The summed E-state index contributed by atoms with van der Waals surface area (Å²) >= 11 is 0. The Morgan fingerprint density at radius 3 is 2.32 bits per heavy atom. The van der Waals surface area contributed by atoms with Crippen molar-refractivity contribution in [3.8, 4) is 17.2 Å². The van der Waals surface area contributed by atoms with E-state index >= 15 is 0 Å². The Bertz CT molecular complexity index is 771. The molecule has 2 aromatic carbocycles. The second-order valence-electron chi connectivity index (χ2n) is 5.50. The van der Waals surface area contributed by atoms with E-state index in [4.69, 9.17) is 15.2 Å². The van der Waals surface area contributed by atoms with Crippen LogP contribution in [0.5, 0.6) is 17.2 Å². The van der Waals surface area contributed by atoms with Crippen LogP contribution in [0, 0.1) is 0 Å². The van der Waals surface area contributed by atoms with Crippen molar-refractivity contribution >= 4 is 35.6 Å². The molecule has 1 unspecified atom stereocenters. The van der Waals surface area contributed by atoms with Crippen molar-refractivity contribution in [2.75, 3.05) is 19.0 Å². The lowest BCUT2D eigenvalue weighted by atomic mass is 10.3. The normalized spacial score (nSPS) is 12.5. The summed E-state index contributed by atoms with van der Waals surface area (Å²) in [6.07, 6.45) is -5.11. The van der Waals surface area contributed by atoms with Crippen molar-refractivity contribution < 1.29 is 27.4 Å². The number of hydrogen-bond donors (Lipinski definition) is 2. The third kappa shape index (κ3) is 8.11. The SMILES string of the molecule is COc1ccc(OC(C)CN=C(N)Nc2ccccc2OC(F)(F)F)cc1.I. The van der Waals surface area contributed by atoms with Crippen molar-refractivity contribution in [1.29, 1.82) is 0 Å². The summed E-state index contributed by atoms with van der Waals surface area (Å²) in [5.74, 6) is 0.888. The summed E-state index contributed by atoms with van der Waals surface area (Å²) in [5, 5.41) is 2.60. The Labute approximate surface area is 177 Å². The molecule has 0 saturated carbocycles. The first-order valence-corrected chi connectivity index (χ1v) is 7.99. The number of methoxy groups -OCH3 is 1. The number of hydrogen-bond acceptors (Lipinski definition) is 4. The van der Waals surface area contributed by atoms with Gasteiger partial charge in [0.1, 0.15) is 17.6 Å². The van der Waals surface area contributed by atoms with Gasteiger partial charge in [-0.2, -0.15) is 0 Å². The van der Waals surface area contributed by atoms with Gasteiger partial charge >= 0.3 is 6.36 Å². The highest BCUT2D eigenvalue weighted by Crippen LogP contribution is 2.29. The fraction of sp³-hybridized carbons (Fsp3) is 0.278. The van der Waals surface area contributed by atoms with Crippen molar-refractivity contribution in [1.82, 2.24) is 0 Å². The number of anilines is 1. The molecular formula is C18H21F3IN3O3. The molecule has 10 heteroatoms. The van der Waals surface area contributed by atoms with Crippen molar-refractivity contribution in [2.45, 2.75) is 19.4 Å². The summed E-state index contributed by atoms with van der Waals surface area (Å²) in [5.41, 5.74) is 5.80. The van der Waals surface area contributed by atoms with Crippen LogP contribution in [0.2, 0.25) is 0 Å². The number of ether oxygens (including phenoxy) is 3. The average molecular weight is 511 g/mol. The summed E-state index contributed by atoms with van der Waals surface area (Å²) in [6, 6.07) is 12.6. The zero-order valence-corrected chi connectivity index (χ0v) is 17.5. The van der Waals surface area contributed by atoms with Gasteiger partial charge in [-0.05, 0) is 43.3 Å². The molecular weight excluding hydrogens is 490 g/mol. The molecule has 28 heavy (non-hydrogen) atoms. The Balaban J connectivity index is 0.00000392. The number of aliphatic imine (C=N–C) groups is 1. The van der Waals surface area contributed by atoms with Crippen LogP contribution in [0.15, 0.2) is 53.5 Å². The molecule has 0 fully saturated rings. The molecule has 0 amide bonds. The first-order chi connectivity index (χ1) is 12.8. The smallest absolute Gasteiger partial charge is 0.497 e. The predicted octanol–water partition coefficient (Wildman–Crippen LogP) is 4.41. The van der Waals surface area contributed by atoms with Gasteiger partial charge in [-0.25, -0.2) is 4.99 Å². The molecule has 2 aromatic rings. The van der Waals surface area contributed by atoms with Crippen LogP contribution in [0.1, 0.15) is 6.92 Å². The van der Waals surface area contributed by atoms with Gasteiger partial charge < -0.3 is 25.3 Å². The second-order valence-corrected chi connectivity index (χ2v) is 5.50. The van der Waals surface area contributed by atoms with Gasteiger partial charge in [-0.1, -0.05) is 12.1 Å². The average Bonchev–Trinajstić information content (AvgIpc) is 2.61. The van der Waals surface area contributed by atoms with E-state index in [1.165, 1.54) is 18.2 Å². The topological polar surface area (TPSA) is 78.1 Å². The molecule has 3 N–H and O–H groups in total. The zero-order valence-electron chi connectivity index (χ0n) is 15.2. The minimum Gasteiger partial charge on any atom is -0.497 e. The summed E-state index contributed by atoms with van der Waals surface area (Å²) in [6.45, 7) is 1.99. The quantitative estimate of drug-likeness (QED) is 0.328. The van der Waals surface area contributed by atoms with Crippen LogP contribution < -0.4 is 25.3 Å². The number of benzene rings is 2. The minimum absolute atomic E-state index is 0. The lowest BCUT2D eigenvalue weighted by Crippen LogP contribution is -2.26. The number of para-hydroxylation sites is 2. The fourth-order valence-corrected chi connectivity index (χ4v) is 2.11. The second kappa shape index (κ2) is 10.8. The molecule has 0 spiro atoms. The Morgan fingerprint density at radius 1 is 1.11 bits per heavy atom. The highest BCUT2D eigenvalue weighted by Gasteiger charge is 2.32. The number of rotatable bonds is 7. The Hall–Kier alpha value is -2.37. The van der Waals surface area contributed by atoms with Crippen LogP contribution in [0.3, 0.4) is 0 Å². The van der Waals surface area contributed by atoms with Crippen LogP contribution in [0.4, 0.5) is 18.9 Å². The number of nitrogens with one attached hydrogen (secondary N) is 1. The van der Waals surface area contributed by atoms with E-state index in [1.807, 2.05) is 0 Å². The first kappa shape index (κ1) is 23.7. The number of guanidine groups is 1. The Morgan fingerprint density at radius 2 is 1.71 bits per heavy atom. The maximum absolute atomic E-state index is 12.4. The molecule has 6 nitrogen and oxygen atoms in total. The maximum Gasteiger partial charge on any atom is 0.573 e. The van der Waals surface area contributed by atoms with Gasteiger partial charge in [0.2, 0.25) is 0 Å². The fourth-order valence-electron chi connectivity index (χ4n) is 2.11. The molecule has 154 valence electrons. The molecule has 0 saturated heterocycles. The van der Waals surface area contributed by atoms with E-state index in [9.17, 15) is 13.2 Å². The summed E-state index contributed by atoms with van der Waals surface area (Å²) < 4.78 is 52.0. The van der Waals surface area contributed by atoms with Gasteiger partial charge in [0.15, 0.2) is 11.7 Å². The molecule has 0 aliphatic heterocycles. The number of nitrogens with zero attached hydrogens (tertiary/aromatic N) is 1. The van der Waals surface area contributed by atoms with E-state index in [2.05, 4.69) is 15.0 Å². The van der Waals surface area contributed by atoms with Gasteiger partial charge in [0, 0.05) is 0 Å². The van der Waals surface area contributed by atoms with Crippen molar-refractivity contribution in [2.24, 2.45) is 10.7 Å². The van der Waals surface area contributed by atoms with E-state index in [-0.39, 0.29) is 48.3 Å². The number of halogens is 4. The predicted molar refractivity (Wildman–Crippen MR) is 112 cm³/mol. The third-order valence-electron chi connectivity index (χ3n) is 3.29. The first-order valence-electron chi connectivity index (χ1n) is 7.99. The molecule has 1 atom stereocenters. The summed E-state index contributed by atoms with van der Waals surface area (Å²) in [7, 11) is 1.57. The van der Waals surface area contributed by atoms with E-state index in [0.717, 1.165) is 0 Å². The largest absolute Gasteiger partial charge is 0.573 e. The zero-order chi connectivity index (χ0) is 19.9. The standard InChI is InChI=1S/C18H20F3N3O3.HI/c1-12(26-14-9-7-13(25-2)8-10-14)11-23-17(22)24-15-5-3-4-6-16(15)27-18(19,20)21;/h3-10,12H,11H2,1-2H3,(H3,22,23,24);1H. The highest BCUT2D eigenvalue weighted by atomic mass is 127.